The minimum absolute atomic E-state index is 0.162. The number of hydrogen-bond donors (Lipinski definition) is 1. The van der Waals surface area contributed by atoms with E-state index in [-0.39, 0.29) is 28.5 Å². The molecule has 1 N–H and O–H groups in total. The molecule has 10 heteroatoms. The first-order chi connectivity index (χ1) is 16.3. The largest absolute Gasteiger partial charge is 0.490 e. The number of barbiturate groups is 1. The Balaban J connectivity index is 1.99. The van der Waals surface area contributed by atoms with Gasteiger partial charge in [-0.1, -0.05) is 24.3 Å². The van der Waals surface area contributed by atoms with Gasteiger partial charge in [-0.2, -0.15) is 0 Å². The molecule has 0 aliphatic carbocycles. The van der Waals surface area contributed by atoms with Crippen molar-refractivity contribution in [3.05, 3.63) is 70.8 Å². The summed E-state index contributed by atoms with van der Waals surface area (Å²) in [6.07, 6.45) is 2.85. The lowest BCUT2D eigenvalue weighted by Crippen LogP contribution is -2.54. The Morgan fingerprint density at radius 2 is 1.85 bits per heavy atom. The van der Waals surface area contributed by atoms with E-state index < -0.39 is 23.8 Å². The molecule has 2 aromatic rings. The van der Waals surface area contributed by atoms with Gasteiger partial charge >= 0.3 is 12.0 Å². The zero-order valence-electron chi connectivity index (χ0n) is 18.4. The third kappa shape index (κ3) is 5.10. The predicted molar refractivity (Wildman–Crippen MR) is 125 cm³/mol. The molecule has 34 heavy (non-hydrogen) atoms. The lowest BCUT2D eigenvalue weighted by atomic mass is 10.1. The number of nitrogens with zero attached hydrogens (tertiary/aromatic N) is 1. The van der Waals surface area contributed by atoms with E-state index in [0.717, 1.165) is 4.90 Å². The summed E-state index contributed by atoms with van der Waals surface area (Å²) in [6.45, 7) is 5.90. The van der Waals surface area contributed by atoms with Gasteiger partial charge in [0, 0.05) is 0 Å². The number of imide groups is 2. The minimum atomic E-state index is -0.917. The van der Waals surface area contributed by atoms with Crippen molar-refractivity contribution in [1.29, 1.82) is 0 Å². The van der Waals surface area contributed by atoms with Crippen LogP contribution < -0.4 is 19.7 Å². The Labute approximate surface area is 200 Å². The van der Waals surface area contributed by atoms with E-state index in [1.54, 1.807) is 19.1 Å². The van der Waals surface area contributed by atoms with E-state index >= 15 is 0 Å². The van der Waals surface area contributed by atoms with E-state index in [1.165, 1.54) is 43.5 Å². The monoisotopic (exact) mass is 484 g/mol. The topological polar surface area (TPSA) is 111 Å². The number of hydrogen-bond acceptors (Lipinski definition) is 7. The van der Waals surface area contributed by atoms with Crippen LogP contribution in [0.25, 0.3) is 6.08 Å². The second kappa shape index (κ2) is 10.7. The molecule has 1 aliphatic heterocycles. The van der Waals surface area contributed by atoms with Crippen LogP contribution in [0.1, 0.15) is 22.8 Å². The normalized spacial score (nSPS) is 14.6. The van der Waals surface area contributed by atoms with E-state index in [1.807, 2.05) is 0 Å². The highest BCUT2D eigenvalue weighted by atomic mass is 35.5. The molecule has 0 radical (unpaired) electrons. The third-order valence-corrected chi connectivity index (χ3v) is 4.92. The second-order valence-electron chi connectivity index (χ2n) is 6.86. The Morgan fingerprint density at radius 3 is 2.47 bits per heavy atom. The molecule has 1 heterocycles. The fraction of sp³-hybridized carbons (Fsp3) is 0.167. The number of ether oxygens (including phenoxy) is 3. The lowest BCUT2D eigenvalue weighted by Gasteiger charge is -2.26. The SMILES string of the molecule is C=CCOc1c(Cl)cc(/C=C2/C(=O)NC(=O)N(c3ccc(C(=O)OC)cc3)C2=O)cc1OCC. The van der Waals surface area contributed by atoms with Crippen molar-refractivity contribution in [3.8, 4) is 11.5 Å². The van der Waals surface area contributed by atoms with Crippen molar-refractivity contribution in [2.24, 2.45) is 0 Å². The number of esters is 1. The fourth-order valence-corrected chi connectivity index (χ4v) is 3.41. The standard InChI is InChI=1S/C24H21ClN2O7/c1-4-10-34-20-18(25)12-14(13-19(20)33-5-2)11-17-21(28)26-24(31)27(22(17)29)16-8-6-15(7-9-16)23(30)32-3/h4,6-9,11-13H,1,5,10H2,2-3H3,(H,26,28,31)/b17-11-. The molecule has 0 atom stereocenters. The molecule has 2 aromatic carbocycles. The molecule has 0 bridgehead atoms. The summed E-state index contributed by atoms with van der Waals surface area (Å²) in [5.41, 5.74) is 0.484. The van der Waals surface area contributed by atoms with Gasteiger partial charge in [-0.05, 0) is 55.0 Å². The van der Waals surface area contributed by atoms with E-state index in [2.05, 4.69) is 16.6 Å². The number of nitrogens with one attached hydrogen (secondary N) is 1. The highest BCUT2D eigenvalue weighted by molar-refractivity contribution is 6.39. The number of rotatable bonds is 8. The van der Waals surface area contributed by atoms with Gasteiger partial charge < -0.3 is 14.2 Å². The van der Waals surface area contributed by atoms with Gasteiger partial charge in [0.25, 0.3) is 11.8 Å². The van der Waals surface area contributed by atoms with Crippen LogP contribution in [0.5, 0.6) is 11.5 Å². The number of amides is 4. The molecular weight excluding hydrogens is 464 g/mol. The Hall–Kier alpha value is -4.11. The van der Waals surface area contributed by atoms with Crippen LogP contribution in [0.3, 0.4) is 0 Å². The highest BCUT2D eigenvalue weighted by Crippen LogP contribution is 2.37. The lowest BCUT2D eigenvalue weighted by molar-refractivity contribution is -0.122. The van der Waals surface area contributed by atoms with E-state index in [4.69, 9.17) is 21.1 Å². The maximum atomic E-state index is 13.1. The Morgan fingerprint density at radius 1 is 1.15 bits per heavy atom. The molecule has 176 valence electrons. The van der Waals surface area contributed by atoms with Gasteiger partial charge in [-0.3, -0.25) is 14.9 Å². The van der Waals surface area contributed by atoms with Gasteiger partial charge in [-0.15, -0.1) is 0 Å². The van der Waals surface area contributed by atoms with Gasteiger partial charge in [-0.25, -0.2) is 14.5 Å². The average molecular weight is 485 g/mol. The number of carbonyl (C=O) groups excluding carboxylic acids is 4. The quantitative estimate of drug-likeness (QED) is 0.263. The van der Waals surface area contributed by atoms with E-state index in [0.29, 0.717) is 23.7 Å². The van der Waals surface area contributed by atoms with Crippen LogP contribution >= 0.6 is 11.6 Å². The summed E-state index contributed by atoms with van der Waals surface area (Å²) < 4.78 is 15.8. The summed E-state index contributed by atoms with van der Waals surface area (Å²) in [5, 5.41) is 2.34. The molecule has 0 unspecified atom stereocenters. The maximum absolute atomic E-state index is 13.1. The number of benzene rings is 2. The summed E-state index contributed by atoms with van der Waals surface area (Å²) in [5.74, 6) is -1.66. The van der Waals surface area contributed by atoms with Crippen molar-refractivity contribution in [2.45, 2.75) is 6.92 Å². The Kier molecular flexibility index (Phi) is 7.70. The molecule has 9 nitrogen and oxygen atoms in total. The molecule has 0 aromatic heterocycles. The van der Waals surface area contributed by atoms with Crippen molar-refractivity contribution in [3.63, 3.8) is 0 Å². The van der Waals surface area contributed by atoms with Crippen molar-refractivity contribution in [1.82, 2.24) is 5.32 Å². The molecular formula is C24H21ClN2O7. The van der Waals surface area contributed by atoms with Crippen molar-refractivity contribution >= 4 is 47.2 Å². The smallest absolute Gasteiger partial charge is 0.337 e. The van der Waals surface area contributed by atoms with Crippen LogP contribution in [0, 0.1) is 0 Å². The summed E-state index contributed by atoms with van der Waals surface area (Å²) in [6, 6.07) is 7.74. The van der Waals surface area contributed by atoms with E-state index in [9.17, 15) is 19.2 Å². The van der Waals surface area contributed by atoms with Gasteiger partial charge in [0.2, 0.25) is 0 Å². The first kappa shape index (κ1) is 24.5. The number of halogens is 1. The highest BCUT2D eigenvalue weighted by Gasteiger charge is 2.37. The fourth-order valence-electron chi connectivity index (χ4n) is 3.14. The zero-order valence-corrected chi connectivity index (χ0v) is 19.2. The predicted octanol–water partition coefficient (Wildman–Crippen LogP) is 3.76. The van der Waals surface area contributed by atoms with Gasteiger partial charge in [0.1, 0.15) is 12.2 Å². The molecule has 1 saturated heterocycles. The molecule has 1 aliphatic rings. The van der Waals surface area contributed by atoms with Gasteiger partial charge in [0.15, 0.2) is 11.5 Å². The van der Waals surface area contributed by atoms with Crippen LogP contribution in [0.4, 0.5) is 10.5 Å². The number of methoxy groups -OCH3 is 1. The number of carbonyl (C=O) groups is 4. The third-order valence-electron chi connectivity index (χ3n) is 4.64. The zero-order chi connectivity index (χ0) is 24.8. The number of anilines is 1. The molecule has 1 fully saturated rings. The average Bonchev–Trinajstić information content (AvgIpc) is 2.81. The van der Waals surface area contributed by atoms with Crippen LogP contribution in [-0.4, -0.2) is 44.1 Å². The maximum Gasteiger partial charge on any atom is 0.337 e. The first-order valence-electron chi connectivity index (χ1n) is 10.1. The number of urea groups is 1. The molecule has 0 saturated carbocycles. The van der Waals surface area contributed by atoms with Crippen molar-refractivity contribution in [2.75, 3.05) is 25.2 Å². The summed E-state index contributed by atoms with van der Waals surface area (Å²) in [7, 11) is 1.24. The summed E-state index contributed by atoms with van der Waals surface area (Å²) >= 11 is 6.34. The second-order valence-corrected chi connectivity index (χ2v) is 7.27. The first-order valence-corrected chi connectivity index (χ1v) is 10.5. The summed E-state index contributed by atoms with van der Waals surface area (Å²) in [4.78, 5) is 50.4. The van der Waals surface area contributed by atoms with Crippen molar-refractivity contribution < 1.29 is 33.4 Å². The van der Waals surface area contributed by atoms with Crippen LogP contribution in [0.2, 0.25) is 5.02 Å². The van der Waals surface area contributed by atoms with Crippen LogP contribution in [-0.2, 0) is 14.3 Å². The van der Waals surface area contributed by atoms with Gasteiger partial charge in [0.05, 0.1) is 30.0 Å². The molecule has 0 spiro atoms. The molecule has 3 rings (SSSR count). The molecule has 4 amide bonds. The Bertz CT molecular complexity index is 1190. The van der Waals surface area contributed by atoms with Crippen LogP contribution in [0.15, 0.2) is 54.6 Å². The minimum Gasteiger partial charge on any atom is -0.490 e.